The molecule has 0 saturated carbocycles. The Hall–Kier alpha value is -2.74. The normalized spacial score (nSPS) is 12.0. The fourth-order valence-electron chi connectivity index (χ4n) is 1.93. The maximum Gasteiger partial charge on any atom is 0.340 e. The summed E-state index contributed by atoms with van der Waals surface area (Å²) in [5, 5.41) is -0.465. The molecule has 1 aromatic carbocycles. The quantitative estimate of drug-likeness (QED) is 0.564. The molecule has 2 aromatic rings. The van der Waals surface area contributed by atoms with Gasteiger partial charge in [-0.25, -0.2) is 35.7 Å². The maximum atomic E-state index is 14.2. The Morgan fingerprint density at radius 3 is 2.42 bits per heavy atom. The molecule has 1 amide bonds. The summed E-state index contributed by atoms with van der Waals surface area (Å²) in [6.45, 7) is -1.71. The lowest BCUT2D eigenvalue weighted by Crippen LogP contribution is -2.33. The molecule has 0 aliphatic rings. The smallest absolute Gasteiger partial charge is 0.340 e. The summed E-state index contributed by atoms with van der Waals surface area (Å²) in [5.41, 5.74) is -0.921. The molecule has 1 aromatic heterocycles. The van der Waals surface area contributed by atoms with Crippen molar-refractivity contribution in [1.82, 2.24) is 9.71 Å². The van der Waals surface area contributed by atoms with E-state index >= 15 is 0 Å². The van der Waals surface area contributed by atoms with Gasteiger partial charge in [0.25, 0.3) is 5.91 Å². The van der Waals surface area contributed by atoms with Crippen LogP contribution in [-0.4, -0.2) is 44.5 Å². The molecule has 0 atom stereocenters. The van der Waals surface area contributed by atoms with Gasteiger partial charge < -0.3 is 9.47 Å². The van der Waals surface area contributed by atoms with Gasteiger partial charge in [0.1, 0.15) is 16.6 Å². The highest BCUT2D eigenvalue weighted by Crippen LogP contribution is 2.32. The average molecular weight is 493 g/mol. The van der Waals surface area contributed by atoms with E-state index < -0.39 is 68.7 Å². The highest BCUT2D eigenvalue weighted by Gasteiger charge is 2.42. The van der Waals surface area contributed by atoms with Crippen molar-refractivity contribution >= 4 is 27.5 Å². The van der Waals surface area contributed by atoms with Gasteiger partial charge in [-0.05, 0) is 6.07 Å². The number of nitrogens with zero attached hydrogens (tertiary/aromatic N) is 1. The van der Waals surface area contributed by atoms with E-state index in [1.54, 1.807) is 0 Å². The molecule has 7 nitrogen and oxygen atoms in total. The third-order valence-corrected chi connectivity index (χ3v) is 4.10. The van der Waals surface area contributed by atoms with Crippen LogP contribution in [0.2, 0.25) is 5.02 Å². The number of rotatable bonds is 8. The van der Waals surface area contributed by atoms with Gasteiger partial charge in [-0.15, -0.1) is 0 Å². The van der Waals surface area contributed by atoms with Crippen LogP contribution in [0.15, 0.2) is 24.4 Å². The van der Waals surface area contributed by atoms with Gasteiger partial charge in [-0.3, -0.25) is 4.79 Å². The number of benzene rings is 1. The zero-order valence-electron chi connectivity index (χ0n) is 15.1. The highest BCUT2D eigenvalue weighted by atomic mass is 35.5. The molecular weight excluding hydrogens is 482 g/mol. The predicted molar refractivity (Wildman–Crippen MR) is 94.4 cm³/mol. The van der Waals surface area contributed by atoms with Gasteiger partial charge in [0.2, 0.25) is 15.9 Å². The van der Waals surface area contributed by atoms with Crippen LogP contribution >= 0.6 is 11.6 Å². The Labute approximate surface area is 176 Å². The molecule has 0 aliphatic carbocycles. The first kappa shape index (κ1) is 24.5. The SMILES string of the molecule is CS(=O)(=O)NC(=O)c1cc(F)c(Oc2cnc(OCC(F)(F)C(F)F)c(Cl)c2)cc1F. The summed E-state index contributed by atoms with van der Waals surface area (Å²) >= 11 is 5.73. The summed E-state index contributed by atoms with van der Waals surface area (Å²) in [7, 11) is -4.03. The predicted octanol–water partition coefficient (Wildman–Crippen LogP) is 3.77. The summed E-state index contributed by atoms with van der Waals surface area (Å²) in [5.74, 6) is -10.2. The average Bonchev–Trinajstić information content (AvgIpc) is 2.62. The van der Waals surface area contributed by atoms with Crippen molar-refractivity contribution in [3.05, 3.63) is 46.6 Å². The van der Waals surface area contributed by atoms with Crippen molar-refractivity contribution in [3.8, 4) is 17.4 Å². The first-order chi connectivity index (χ1) is 14.2. The number of amides is 1. The summed E-state index contributed by atoms with van der Waals surface area (Å²) < 4.78 is 111. The Balaban J connectivity index is 2.18. The number of hydrogen-bond acceptors (Lipinski definition) is 6. The van der Waals surface area contributed by atoms with Crippen molar-refractivity contribution in [3.63, 3.8) is 0 Å². The van der Waals surface area contributed by atoms with E-state index in [1.165, 1.54) is 4.72 Å². The molecule has 0 bridgehead atoms. The largest absolute Gasteiger partial charge is 0.470 e. The van der Waals surface area contributed by atoms with Crippen LogP contribution in [0.25, 0.3) is 0 Å². The number of hydrogen-bond donors (Lipinski definition) is 1. The standard InChI is InChI=1S/C16H11ClF6N2O5S/c1-31(27,28)25-13(26)8-3-11(19)12(4-10(8)18)30-7-2-9(17)14(24-5-7)29-6-16(22,23)15(20)21/h2-5,15H,6H2,1H3,(H,25,26). The number of alkyl halides is 4. The van der Waals surface area contributed by atoms with Crippen molar-refractivity contribution in [1.29, 1.82) is 0 Å². The van der Waals surface area contributed by atoms with Crippen molar-refractivity contribution in [2.75, 3.05) is 12.9 Å². The highest BCUT2D eigenvalue weighted by molar-refractivity contribution is 7.89. The van der Waals surface area contributed by atoms with E-state index in [0.717, 1.165) is 12.3 Å². The molecule has 15 heteroatoms. The molecule has 1 heterocycles. The first-order valence-electron chi connectivity index (χ1n) is 7.83. The molecule has 0 fully saturated rings. The Bertz CT molecular complexity index is 1100. The van der Waals surface area contributed by atoms with Crippen LogP contribution in [0.5, 0.6) is 17.4 Å². The van der Waals surface area contributed by atoms with Gasteiger partial charge in [0, 0.05) is 12.1 Å². The summed E-state index contributed by atoms with van der Waals surface area (Å²) in [6.07, 6.45) is -2.55. The number of carbonyl (C=O) groups excluding carboxylic acids is 1. The Morgan fingerprint density at radius 2 is 1.87 bits per heavy atom. The lowest BCUT2D eigenvalue weighted by molar-refractivity contribution is -0.148. The van der Waals surface area contributed by atoms with E-state index in [-0.39, 0.29) is 5.75 Å². The van der Waals surface area contributed by atoms with Crippen LogP contribution in [0.4, 0.5) is 26.3 Å². The van der Waals surface area contributed by atoms with Crippen LogP contribution in [0, 0.1) is 11.6 Å². The molecular formula is C16H11ClF6N2O5S. The van der Waals surface area contributed by atoms with E-state index in [9.17, 15) is 39.6 Å². The Morgan fingerprint density at radius 1 is 1.23 bits per heavy atom. The lowest BCUT2D eigenvalue weighted by atomic mass is 10.2. The molecule has 0 radical (unpaired) electrons. The molecule has 170 valence electrons. The number of aromatic nitrogens is 1. The van der Waals surface area contributed by atoms with E-state index in [1.807, 2.05) is 0 Å². The molecule has 1 N–H and O–H groups in total. The second-order valence-electron chi connectivity index (χ2n) is 5.88. The minimum Gasteiger partial charge on any atom is -0.470 e. The molecule has 0 aliphatic heterocycles. The van der Waals surface area contributed by atoms with E-state index in [4.69, 9.17) is 16.3 Å². The number of sulfonamides is 1. The summed E-state index contributed by atoms with van der Waals surface area (Å²) in [6, 6.07) is 1.71. The third kappa shape index (κ3) is 6.62. The van der Waals surface area contributed by atoms with Crippen LogP contribution < -0.4 is 14.2 Å². The first-order valence-corrected chi connectivity index (χ1v) is 10.1. The minimum atomic E-state index is -4.45. The monoisotopic (exact) mass is 492 g/mol. The van der Waals surface area contributed by atoms with Crippen molar-refractivity contribution in [2.24, 2.45) is 0 Å². The minimum absolute atomic E-state index is 0.329. The lowest BCUT2D eigenvalue weighted by Gasteiger charge is -2.16. The van der Waals surface area contributed by atoms with Gasteiger partial charge in [-0.2, -0.15) is 8.78 Å². The van der Waals surface area contributed by atoms with Crippen LogP contribution in [-0.2, 0) is 10.0 Å². The van der Waals surface area contributed by atoms with Gasteiger partial charge in [0.05, 0.1) is 18.0 Å². The topological polar surface area (TPSA) is 94.6 Å². The Kier molecular flexibility index (Phi) is 7.26. The molecule has 0 saturated heterocycles. The van der Waals surface area contributed by atoms with E-state index in [2.05, 4.69) is 9.72 Å². The second-order valence-corrected chi connectivity index (χ2v) is 8.03. The maximum absolute atomic E-state index is 14.2. The number of pyridine rings is 1. The molecule has 0 spiro atoms. The molecule has 0 unspecified atom stereocenters. The zero-order valence-corrected chi connectivity index (χ0v) is 16.7. The van der Waals surface area contributed by atoms with E-state index in [0.29, 0.717) is 18.4 Å². The van der Waals surface area contributed by atoms with Crippen molar-refractivity contribution in [2.45, 2.75) is 12.3 Å². The van der Waals surface area contributed by atoms with Gasteiger partial charge in [0.15, 0.2) is 18.2 Å². The van der Waals surface area contributed by atoms with Crippen molar-refractivity contribution < 1.29 is 49.0 Å². The molecule has 2 rings (SSSR count). The van der Waals surface area contributed by atoms with Gasteiger partial charge >= 0.3 is 12.3 Å². The third-order valence-electron chi connectivity index (χ3n) is 3.28. The number of ether oxygens (including phenoxy) is 2. The fourth-order valence-corrected chi connectivity index (χ4v) is 2.59. The van der Waals surface area contributed by atoms with Crippen LogP contribution in [0.1, 0.15) is 10.4 Å². The fraction of sp³-hybridized carbons (Fsp3) is 0.250. The number of nitrogens with one attached hydrogen (secondary N) is 1. The zero-order chi connectivity index (χ0) is 23.6. The number of carbonyl (C=O) groups is 1. The van der Waals surface area contributed by atoms with Crippen LogP contribution in [0.3, 0.4) is 0 Å². The molecule has 31 heavy (non-hydrogen) atoms. The summed E-state index contributed by atoms with van der Waals surface area (Å²) in [4.78, 5) is 15.2. The number of halogens is 7. The van der Waals surface area contributed by atoms with Gasteiger partial charge in [-0.1, -0.05) is 11.6 Å². The second kappa shape index (κ2) is 9.18.